The summed E-state index contributed by atoms with van der Waals surface area (Å²) in [7, 11) is 0. The molecule has 1 aromatic rings. The van der Waals surface area contributed by atoms with Gasteiger partial charge in [-0.05, 0) is 71.4 Å². The monoisotopic (exact) mass is 447 g/mol. The summed E-state index contributed by atoms with van der Waals surface area (Å²) in [4.78, 5) is 32.9. The van der Waals surface area contributed by atoms with Crippen molar-refractivity contribution in [3.8, 4) is 0 Å². The van der Waals surface area contributed by atoms with Gasteiger partial charge in [0.1, 0.15) is 17.9 Å². The van der Waals surface area contributed by atoms with E-state index in [0.717, 1.165) is 45.0 Å². The third-order valence-electron chi connectivity index (χ3n) is 5.61. The van der Waals surface area contributed by atoms with Crippen molar-refractivity contribution in [1.29, 1.82) is 0 Å². The predicted octanol–water partition coefficient (Wildman–Crippen LogP) is 2.96. The van der Waals surface area contributed by atoms with Gasteiger partial charge in [0.15, 0.2) is 11.7 Å². The third kappa shape index (κ3) is 6.90. The number of piperidine rings is 1. The van der Waals surface area contributed by atoms with Crippen LogP contribution in [0.5, 0.6) is 0 Å². The van der Waals surface area contributed by atoms with E-state index in [1.165, 1.54) is 12.8 Å². The number of carbonyl (C=O) groups excluding carboxylic acids is 2. The first-order valence-corrected chi connectivity index (χ1v) is 11.6. The second kappa shape index (κ2) is 10.3. The SMILES string of the molecule is CCNC(=NCc1ccc(C(N)=O)o1)N1CCC(N(CC2CC2)C(=O)OC(C)(C)C)CC1. The minimum absolute atomic E-state index is 0.138. The quantitative estimate of drug-likeness (QED) is 0.491. The minimum Gasteiger partial charge on any atom is -0.454 e. The van der Waals surface area contributed by atoms with E-state index in [0.29, 0.717) is 18.2 Å². The van der Waals surface area contributed by atoms with Gasteiger partial charge in [-0.3, -0.25) is 4.79 Å². The Balaban J connectivity index is 1.61. The van der Waals surface area contributed by atoms with E-state index < -0.39 is 11.5 Å². The Morgan fingerprint density at radius 2 is 1.94 bits per heavy atom. The Hall–Kier alpha value is -2.71. The molecule has 0 bridgehead atoms. The van der Waals surface area contributed by atoms with Crippen LogP contribution in [0.25, 0.3) is 0 Å². The van der Waals surface area contributed by atoms with Crippen molar-refractivity contribution in [1.82, 2.24) is 15.1 Å². The number of nitrogens with one attached hydrogen (secondary N) is 1. The van der Waals surface area contributed by atoms with E-state index >= 15 is 0 Å². The number of hydrogen-bond donors (Lipinski definition) is 2. The first-order chi connectivity index (χ1) is 15.2. The number of rotatable bonds is 7. The van der Waals surface area contributed by atoms with E-state index in [2.05, 4.69) is 15.2 Å². The maximum Gasteiger partial charge on any atom is 0.410 e. The van der Waals surface area contributed by atoms with Gasteiger partial charge in [-0.2, -0.15) is 0 Å². The molecule has 1 saturated heterocycles. The summed E-state index contributed by atoms with van der Waals surface area (Å²) in [5.41, 5.74) is 4.75. The van der Waals surface area contributed by atoms with Crippen LogP contribution in [0.15, 0.2) is 21.5 Å². The average molecular weight is 448 g/mol. The second-order valence-corrected chi connectivity index (χ2v) is 9.59. The van der Waals surface area contributed by atoms with E-state index in [1.54, 1.807) is 12.1 Å². The fraction of sp³-hybridized carbons (Fsp3) is 0.696. The fourth-order valence-corrected chi connectivity index (χ4v) is 3.84. The number of guanidine groups is 1. The van der Waals surface area contributed by atoms with Crippen LogP contribution in [0.3, 0.4) is 0 Å². The summed E-state index contributed by atoms with van der Waals surface area (Å²) in [5.74, 6) is 1.55. The first-order valence-electron chi connectivity index (χ1n) is 11.6. The van der Waals surface area contributed by atoms with Gasteiger partial charge in [0.2, 0.25) is 0 Å². The number of primary amides is 1. The minimum atomic E-state index is -0.588. The highest BCUT2D eigenvalue weighted by molar-refractivity contribution is 5.89. The summed E-state index contributed by atoms with van der Waals surface area (Å²) in [5, 5.41) is 3.33. The van der Waals surface area contributed by atoms with Crippen molar-refractivity contribution >= 4 is 18.0 Å². The molecule has 3 rings (SSSR count). The summed E-state index contributed by atoms with van der Waals surface area (Å²) in [6.45, 7) is 11.2. The lowest BCUT2D eigenvalue weighted by atomic mass is 10.0. The maximum atomic E-state index is 12.9. The summed E-state index contributed by atoms with van der Waals surface area (Å²) >= 11 is 0. The molecule has 0 atom stereocenters. The second-order valence-electron chi connectivity index (χ2n) is 9.59. The van der Waals surface area contributed by atoms with Gasteiger partial charge in [-0.1, -0.05) is 0 Å². The van der Waals surface area contributed by atoms with Crippen LogP contribution < -0.4 is 11.1 Å². The number of furan rings is 1. The topological polar surface area (TPSA) is 113 Å². The smallest absolute Gasteiger partial charge is 0.410 e. The number of hydrogen-bond acceptors (Lipinski definition) is 5. The lowest BCUT2D eigenvalue weighted by Crippen LogP contribution is -2.52. The van der Waals surface area contributed by atoms with Gasteiger partial charge in [-0.25, -0.2) is 9.79 Å². The number of carbonyl (C=O) groups is 2. The normalized spacial score (nSPS) is 17.9. The van der Waals surface area contributed by atoms with Crippen LogP contribution in [-0.4, -0.2) is 65.6 Å². The zero-order valence-electron chi connectivity index (χ0n) is 19.7. The zero-order valence-corrected chi connectivity index (χ0v) is 19.7. The molecule has 1 aromatic heterocycles. The lowest BCUT2D eigenvalue weighted by molar-refractivity contribution is 0.00927. The molecule has 178 valence electrons. The summed E-state index contributed by atoms with van der Waals surface area (Å²) in [6, 6.07) is 3.46. The number of likely N-dealkylation sites (tertiary alicyclic amines) is 1. The van der Waals surface area contributed by atoms with Crippen LogP contribution in [0, 0.1) is 5.92 Å². The van der Waals surface area contributed by atoms with Crippen molar-refractivity contribution in [2.45, 2.75) is 71.6 Å². The molecule has 0 aromatic carbocycles. The first kappa shape index (κ1) is 23.9. The fourth-order valence-electron chi connectivity index (χ4n) is 3.84. The van der Waals surface area contributed by atoms with E-state index in [9.17, 15) is 9.59 Å². The molecule has 9 heteroatoms. The van der Waals surface area contributed by atoms with Crippen molar-refractivity contribution < 1.29 is 18.7 Å². The molecule has 0 unspecified atom stereocenters. The van der Waals surface area contributed by atoms with Gasteiger partial charge in [0, 0.05) is 32.2 Å². The third-order valence-corrected chi connectivity index (χ3v) is 5.61. The van der Waals surface area contributed by atoms with Crippen LogP contribution in [0.2, 0.25) is 0 Å². The molecule has 1 aliphatic heterocycles. The molecule has 9 nitrogen and oxygen atoms in total. The van der Waals surface area contributed by atoms with Gasteiger partial charge in [-0.15, -0.1) is 0 Å². The molecule has 0 spiro atoms. The molecule has 3 N–H and O–H groups in total. The average Bonchev–Trinajstić information content (AvgIpc) is 3.42. The highest BCUT2D eigenvalue weighted by atomic mass is 16.6. The molecule has 2 fully saturated rings. The highest BCUT2D eigenvalue weighted by Crippen LogP contribution is 2.32. The lowest BCUT2D eigenvalue weighted by Gasteiger charge is -2.40. The Kier molecular flexibility index (Phi) is 7.69. The van der Waals surface area contributed by atoms with Gasteiger partial charge in [0.05, 0.1) is 0 Å². The van der Waals surface area contributed by atoms with E-state index in [4.69, 9.17) is 14.9 Å². The Labute approximate surface area is 190 Å². The number of aliphatic imine (C=N–C) groups is 1. The van der Waals surface area contributed by atoms with Crippen LogP contribution in [0.1, 0.15) is 69.7 Å². The molecular formula is C23H37N5O4. The predicted molar refractivity (Wildman–Crippen MR) is 122 cm³/mol. The molecule has 2 amide bonds. The van der Waals surface area contributed by atoms with E-state index in [-0.39, 0.29) is 17.9 Å². The molecule has 2 heterocycles. The number of amides is 2. The standard InChI is InChI=1S/C23H37N5O4/c1-5-25-21(26-14-18-8-9-19(31-18)20(24)29)27-12-10-17(11-13-27)28(15-16-6-7-16)22(30)32-23(2,3)4/h8-9,16-17H,5-7,10-15H2,1-4H3,(H2,24,29)(H,25,26). The molecular weight excluding hydrogens is 410 g/mol. The summed E-state index contributed by atoms with van der Waals surface area (Å²) < 4.78 is 11.1. The van der Waals surface area contributed by atoms with Crippen molar-refractivity contribution in [2.24, 2.45) is 16.6 Å². The maximum absolute atomic E-state index is 12.9. The largest absolute Gasteiger partial charge is 0.454 e. The van der Waals surface area contributed by atoms with Gasteiger partial charge >= 0.3 is 6.09 Å². The van der Waals surface area contributed by atoms with Gasteiger partial charge < -0.3 is 30.0 Å². The Morgan fingerprint density at radius 3 is 2.47 bits per heavy atom. The highest BCUT2D eigenvalue weighted by Gasteiger charge is 2.35. The molecule has 1 aliphatic carbocycles. The van der Waals surface area contributed by atoms with E-state index in [1.807, 2.05) is 32.6 Å². The number of nitrogens with two attached hydrogens (primary N) is 1. The molecule has 0 radical (unpaired) electrons. The zero-order chi connectivity index (χ0) is 23.3. The summed E-state index contributed by atoms with van der Waals surface area (Å²) in [6.07, 6.45) is 3.91. The van der Waals surface area contributed by atoms with Crippen LogP contribution in [-0.2, 0) is 11.3 Å². The molecule has 2 aliphatic rings. The van der Waals surface area contributed by atoms with Crippen molar-refractivity contribution in [3.05, 3.63) is 23.7 Å². The molecule has 1 saturated carbocycles. The number of nitrogens with zero attached hydrogens (tertiary/aromatic N) is 3. The van der Waals surface area contributed by atoms with Crippen LogP contribution >= 0.6 is 0 Å². The number of ether oxygens (including phenoxy) is 1. The molecule has 32 heavy (non-hydrogen) atoms. The van der Waals surface area contributed by atoms with Crippen LogP contribution in [0.4, 0.5) is 4.79 Å². The van der Waals surface area contributed by atoms with Crippen molar-refractivity contribution in [3.63, 3.8) is 0 Å². The van der Waals surface area contributed by atoms with Gasteiger partial charge in [0.25, 0.3) is 5.91 Å². The Morgan fingerprint density at radius 1 is 1.25 bits per heavy atom. The van der Waals surface area contributed by atoms with Crippen molar-refractivity contribution in [2.75, 3.05) is 26.2 Å². The Bertz CT molecular complexity index is 817.